The Kier molecular flexibility index (Phi) is 4.21. The van der Waals surface area contributed by atoms with Gasteiger partial charge < -0.3 is 0 Å². The van der Waals surface area contributed by atoms with Gasteiger partial charge in [-0.15, -0.1) is 0 Å². The fourth-order valence-electron chi connectivity index (χ4n) is 1.79. The minimum atomic E-state index is -0.462. The molecule has 4 heteroatoms. The molecule has 0 aliphatic heterocycles. The zero-order valence-corrected chi connectivity index (χ0v) is 13.6. The topological polar surface area (TPSA) is 17.1 Å². The fraction of sp³-hybridized carbons (Fsp3) is 0.133. The average molecular weight is 386 g/mol. The molecule has 0 aliphatic rings. The van der Waals surface area contributed by atoms with Crippen LogP contribution in [0.25, 0.3) is 0 Å². The largest absolute Gasteiger partial charge is 0.288 e. The number of aryl methyl sites for hydroxylation is 2. The molecular formula is C15H11Br2FO. The van der Waals surface area contributed by atoms with Gasteiger partial charge in [0.05, 0.1) is 5.56 Å². The highest BCUT2D eigenvalue weighted by molar-refractivity contribution is 9.11. The Bertz CT molecular complexity index is 665. The Morgan fingerprint density at radius 2 is 1.68 bits per heavy atom. The van der Waals surface area contributed by atoms with Crippen LogP contribution in [0.1, 0.15) is 27.0 Å². The molecule has 0 aromatic heterocycles. The van der Waals surface area contributed by atoms with E-state index in [0.29, 0.717) is 15.6 Å². The Morgan fingerprint density at radius 1 is 1.00 bits per heavy atom. The van der Waals surface area contributed by atoms with E-state index in [9.17, 15) is 9.18 Å². The van der Waals surface area contributed by atoms with Gasteiger partial charge in [0.15, 0.2) is 5.78 Å². The maximum absolute atomic E-state index is 14.0. The van der Waals surface area contributed by atoms with Crippen molar-refractivity contribution in [1.29, 1.82) is 0 Å². The number of carbonyl (C=O) groups excluding carboxylic acids is 1. The van der Waals surface area contributed by atoms with Crippen LogP contribution >= 0.6 is 31.9 Å². The molecule has 0 unspecified atom stereocenters. The van der Waals surface area contributed by atoms with Gasteiger partial charge in [0.1, 0.15) is 5.82 Å². The van der Waals surface area contributed by atoms with Crippen LogP contribution in [-0.2, 0) is 0 Å². The molecule has 0 atom stereocenters. The van der Waals surface area contributed by atoms with Crippen LogP contribution in [-0.4, -0.2) is 5.78 Å². The van der Waals surface area contributed by atoms with Gasteiger partial charge >= 0.3 is 0 Å². The molecule has 0 bridgehead atoms. The van der Waals surface area contributed by atoms with Gasteiger partial charge in [-0.05, 0) is 43.2 Å². The smallest absolute Gasteiger partial charge is 0.197 e. The first-order valence-corrected chi connectivity index (χ1v) is 7.26. The molecule has 0 radical (unpaired) electrons. The van der Waals surface area contributed by atoms with Crippen LogP contribution in [0, 0.1) is 19.7 Å². The summed E-state index contributed by atoms with van der Waals surface area (Å²) in [5, 5.41) is 0. The van der Waals surface area contributed by atoms with E-state index in [4.69, 9.17) is 0 Å². The molecule has 0 saturated heterocycles. The second kappa shape index (κ2) is 5.55. The number of halogens is 3. The molecule has 19 heavy (non-hydrogen) atoms. The fourth-order valence-corrected chi connectivity index (χ4v) is 2.77. The minimum absolute atomic E-state index is 0.0939. The summed E-state index contributed by atoms with van der Waals surface area (Å²) in [6, 6.07) is 8.38. The van der Waals surface area contributed by atoms with E-state index in [1.807, 2.05) is 13.0 Å². The molecule has 2 aromatic rings. The van der Waals surface area contributed by atoms with E-state index in [2.05, 4.69) is 31.9 Å². The lowest BCUT2D eigenvalue weighted by atomic mass is 10.00. The second-order valence-electron chi connectivity index (χ2n) is 4.35. The van der Waals surface area contributed by atoms with Gasteiger partial charge in [-0.1, -0.05) is 44.0 Å². The van der Waals surface area contributed by atoms with Crippen molar-refractivity contribution in [2.75, 3.05) is 0 Å². The highest BCUT2D eigenvalue weighted by Crippen LogP contribution is 2.28. The highest BCUT2D eigenvalue weighted by Gasteiger charge is 2.18. The summed E-state index contributed by atoms with van der Waals surface area (Å²) >= 11 is 6.75. The number of ketones is 1. The van der Waals surface area contributed by atoms with Crippen molar-refractivity contribution >= 4 is 37.6 Å². The minimum Gasteiger partial charge on any atom is -0.288 e. The third-order valence-corrected chi connectivity index (χ3v) is 4.44. The van der Waals surface area contributed by atoms with Crippen molar-refractivity contribution in [2.24, 2.45) is 0 Å². The molecule has 2 rings (SSSR count). The molecule has 0 heterocycles. The van der Waals surface area contributed by atoms with Crippen molar-refractivity contribution in [3.05, 3.63) is 67.3 Å². The first kappa shape index (κ1) is 14.4. The van der Waals surface area contributed by atoms with Crippen molar-refractivity contribution < 1.29 is 9.18 Å². The lowest BCUT2D eigenvalue weighted by molar-refractivity contribution is 0.103. The molecular weight excluding hydrogens is 375 g/mol. The first-order valence-electron chi connectivity index (χ1n) is 5.67. The molecule has 98 valence electrons. The Balaban J connectivity index is 2.56. The first-order chi connectivity index (χ1) is 8.91. The summed E-state index contributed by atoms with van der Waals surface area (Å²) in [5.41, 5.74) is 2.01. The van der Waals surface area contributed by atoms with E-state index >= 15 is 0 Å². The SMILES string of the molecule is Cc1cc(Br)c(C(=O)c2cccc(C)c2F)cc1Br. The Morgan fingerprint density at radius 3 is 2.37 bits per heavy atom. The van der Waals surface area contributed by atoms with Crippen LogP contribution in [0.2, 0.25) is 0 Å². The van der Waals surface area contributed by atoms with Gasteiger partial charge in [-0.25, -0.2) is 4.39 Å². The molecule has 0 aliphatic carbocycles. The lowest BCUT2D eigenvalue weighted by Gasteiger charge is -2.09. The predicted octanol–water partition coefficient (Wildman–Crippen LogP) is 5.20. The van der Waals surface area contributed by atoms with Crippen LogP contribution in [0.4, 0.5) is 4.39 Å². The number of rotatable bonds is 2. The molecule has 0 fully saturated rings. The van der Waals surface area contributed by atoms with Crippen molar-refractivity contribution in [3.63, 3.8) is 0 Å². The maximum Gasteiger partial charge on any atom is 0.197 e. The quantitative estimate of drug-likeness (QED) is 0.649. The van der Waals surface area contributed by atoms with Gasteiger partial charge in [-0.3, -0.25) is 4.79 Å². The monoisotopic (exact) mass is 384 g/mol. The lowest BCUT2D eigenvalue weighted by Crippen LogP contribution is -2.06. The third-order valence-electron chi connectivity index (χ3n) is 2.93. The number of hydrogen-bond donors (Lipinski definition) is 0. The zero-order chi connectivity index (χ0) is 14.2. The van der Waals surface area contributed by atoms with Crippen LogP contribution in [0.15, 0.2) is 39.3 Å². The molecule has 2 aromatic carbocycles. The molecule has 1 nitrogen and oxygen atoms in total. The van der Waals surface area contributed by atoms with Gasteiger partial charge in [0, 0.05) is 14.5 Å². The summed E-state index contributed by atoms with van der Waals surface area (Å²) in [6.07, 6.45) is 0. The van der Waals surface area contributed by atoms with Crippen LogP contribution in [0.3, 0.4) is 0 Å². The summed E-state index contributed by atoms with van der Waals surface area (Å²) in [7, 11) is 0. The highest BCUT2D eigenvalue weighted by atomic mass is 79.9. The van der Waals surface area contributed by atoms with E-state index < -0.39 is 5.82 Å². The molecule has 0 saturated carbocycles. The van der Waals surface area contributed by atoms with E-state index in [1.165, 1.54) is 6.07 Å². The normalized spacial score (nSPS) is 10.6. The third kappa shape index (κ3) is 2.79. The van der Waals surface area contributed by atoms with Gasteiger partial charge in [0.25, 0.3) is 0 Å². The summed E-state index contributed by atoms with van der Waals surface area (Å²) in [5.74, 6) is -0.787. The van der Waals surface area contributed by atoms with Gasteiger partial charge in [-0.2, -0.15) is 0 Å². The van der Waals surface area contributed by atoms with Crippen molar-refractivity contribution in [1.82, 2.24) is 0 Å². The summed E-state index contributed by atoms with van der Waals surface area (Å²) in [6.45, 7) is 3.57. The number of benzene rings is 2. The van der Waals surface area contributed by atoms with E-state index in [-0.39, 0.29) is 11.3 Å². The number of carbonyl (C=O) groups is 1. The molecule has 0 amide bonds. The van der Waals surface area contributed by atoms with Crippen LogP contribution < -0.4 is 0 Å². The standard InChI is InChI=1S/C15H11Br2FO/c1-8-4-3-5-10(14(8)18)15(19)11-7-12(16)9(2)6-13(11)17/h3-7H,1-2H3. The summed E-state index contributed by atoms with van der Waals surface area (Å²) in [4.78, 5) is 12.4. The van der Waals surface area contributed by atoms with Gasteiger partial charge in [0.2, 0.25) is 0 Å². The van der Waals surface area contributed by atoms with E-state index in [1.54, 1.807) is 25.1 Å². The molecule has 0 N–H and O–H groups in total. The Labute approximate surface area is 128 Å². The Hall–Kier alpha value is -1.00. The average Bonchev–Trinajstić information content (AvgIpc) is 2.36. The predicted molar refractivity (Wildman–Crippen MR) is 81.1 cm³/mol. The number of hydrogen-bond acceptors (Lipinski definition) is 1. The maximum atomic E-state index is 14.0. The zero-order valence-electron chi connectivity index (χ0n) is 10.4. The summed E-state index contributed by atoms with van der Waals surface area (Å²) < 4.78 is 15.5. The second-order valence-corrected chi connectivity index (χ2v) is 6.06. The van der Waals surface area contributed by atoms with Crippen molar-refractivity contribution in [2.45, 2.75) is 13.8 Å². The van der Waals surface area contributed by atoms with E-state index in [0.717, 1.165) is 10.0 Å². The van der Waals surface area contributed by atoms with Crippen molar-refractivity contribution in [3.8, 4) is 0 Å². The molecule has 0 spiro atoms. The van der Waals surface area contributed by atoms with Crippen LogP contribution in [0.5, 0.6) is 0 Å².